The zero-order valence-corrected chi connectivity index (χ0v) is 21.4. The summed E-state index contributed by atoms with van der Waals surface area (Å²) in [5.74, 6) is 1.59. The van der Waals surface area contributed by atoms with Crippen LogP contribution in [0.15, 0.2) is 82.8 Å². The second-order valence-corrected chi connectivity index (χ2v) is 11.2. The van der Waals surface area contributed by atoms with Crippen LogP contribution in [0.25, 0.3) is 11.1 Å². The normalized spacial score (nSPS) is 15.5. The van der Waals surface area contributed by atoms with Gasteiger partial charge in [-0.3, -0.25) is 5.32 Å². The van der Waals surface area contributed by atoms with Crippen LogP contribution in [0.1, 0.15) is 18.4 Å². The van der Waals surface area contributed by atoms with Gasteiger partial charge in [-0.2, -0.15) is 11.8 Å². The van der Waals surface area contributed by atoms with Crippen molar-refractivity contribution in [3.63, 3.8) is 0 Å². The van der Waals surface area contributed by atoms with Gasteiger partial charge >= 0.3 is 6.09 Å². The van der Waals surface area contributed by atoms with E-state index in [1.807, 2.05) is 6.07 Å². The molecule has 0 aromatic heterocycles. The molecule has 0 spiro atoms. The van der Waals surface area contributed by atoms with E-state index in [1.165, 1.54) is 6.07 Å². The maximum Gasteiger partial charge on any atom is 0.413 e. The molecule has 3 aromatic rings. The smallest absolute Gasteiger partial charge is 0.413 e. The molecule has 1 saturated heterocycles. The minimum Gasteiger partial charge on any atom is -0.423 e. The van der Waals surface area contributed by atoms with Gasteiger partial charge in [-0.1, -0.05) is 47.6 Å². The first-order valence-corrected chi connectivity index (χ1v) is 14.1. The van der Waals surface area contributed by atoms with E-state index in [2.05, 4.69) is 15.8 Å². The number of nitrogens with zero attached hydrogens (tertiary/aromatic N) is 1. The molecule has 0 radical (unpaired) electrons. The van der Waals surface area contributed by atoms with E-state index in [0.717, 1.165) is 11.5 Å². The second kappa shape index (κ2) is 11.1. The molecule has 10 nitrogen and oxygen atoms in total. The van der Waals surface area contributed by atoms with Crippen molar-refractivity contribution in [3.05, 3.63) is 78.4 Å². The van der Waals surface area contributed by atoms with Crippen LogP contribution in [-0.2, 0) is 14.8 Å². The molecule has 0 atom stereocenters. The van der Waals surface area contributed by atoms with Crippen molar-refractivity contribution < 1.29 is 23.2 Å². The minimum absolute atomic E-state index is 0.0225. The van der Waals surface area contributed by atoms with Gasteiger partial charge in [0.15, 0.2) is 11.6 Å². The van der Waals surface area contributed by atoms with Crippen LogP contribution in [0, 0.1) is 0 Å². The van der Waals surface area contributed by atoms with Crippen LogP contribution in [-0.4, -0.2) is 42.8 Å². The number of benzene rings is 3. The number of amides is 1. The van der Waals surface area contributed by atoms with Gasteiger partial charge in [-0.05, 0) is 47.4 Å². The van der Waals surface area contributed by atoms with Crippen LogP contribution in [0.2, 0.25) is 0 Å². The molecule has 12 heteroatoms. The zero-order chi connectivity index (χ0) is 26.5. The molecule has 1 aliphatic heterocycles. The quantitative estimate of drug-likeness (QED) is 0.0983. The molecule has 0 bridgehead atoms. The van der Waals surface area contributed by atoms with E-state index in [-0.39, 0.29) is 10.7 Å². The Balaban J connectivity index is 1.49. The molecule has 0 aliphatic carbocycles. The Kier molecular flexibility index (Phi) is 7.91. The number of primary sulfonamides is 1. The van der Waals surface area contributed by atoms with Crippen LogP contribution < -0.4 is 21.5 Å². The SMILES string of the molecule is NC(=NO)c1cccc(NC2(OC(=O)Nc3ccc(-c4ccccc4S(N)(=O)=O)cc3)CCSCC2)c1. The Bertz CT molecular complexity index is 1400. The summed E-state index contributed by atoms with van der Waals surface area (Å²) in [5, 5.41) is 23.4. The molecule has 0 saturated carbocycles. The van der Waals surface area contributed by atoms with Gasteiger partial charge in [0.2, 0.25) is 10.0 Å². The minimum atomic E-state index is -3.89. The van der Waals surface area contributed by atoms with Crippen molar-refractivity contribution in [2.24, 2.45) is 16.0 Å². The summed E-state index contributed by atoms with van der Waals surface area (Å²) in [5.41, 5.74) is 7.56. The summed E-state index contributed by atoms with van der Waals surface area (Å²) in [6, 6.07) is 20.2. The topological polar surface area (TPSA) is 169 Å². The molecule has 3 aromatic carbocycles. The lowest BCUT2D eigenvalue weighted by Crippen LogP contribution is -2.47. The third-order valence-electron chi connectivity index (χ3n) is 5.86. The number of oxime groups is 1. The van der Waals surface area contributed by atoms with Gasteiger partial charge in [-0.15, -0.1) is 0 Å². The van der Waals surface area contributed by atoms with Crippen molar-refractivity contribution in [3.8, 4) is 11.1 Å². The van der Waals surface area contributed by atoms with Gasteiger partial charge in [0.05, 0.1) is 4.90 Å². The molecular weight excluding hydrogens is 514 g/mol. The highest BCUT2D eigenvalue weighted by atomic mass is 32.2. The maximum absolute atomic E-state index is 12.9. The molecule has 1 amide bonds. The number of thioether (sulfide) groups is 1. The number of nitrogens with two attached hydrogens (primary N) is 2. The average Bonchev–Trinajstić information content (AvgIpc) is 2.88. The number of carbonyl (C=O) groups excluding carboxylic acids is 1. The number of ether oxygens (including phenoxy) is 1. The number of amidine groups is 1. The van der Waals surface area contributed by atoms with Crippen LogP contribution in [0.3, 0.4) is 0 Å². The Hall–Kier alpha value is -3.74. The standard InChI is InChI=1S/C25H27N5O5S2/c26-23(30-32)18-4-3-5-20(16-18)29-25(12-14-36-15-13-25)35-24(31)28-19-10-8-17(9-11-19)21-6-1-2-7-22(21)37(27,33)34/h1-11,16,29,32H,12-15H2,(H2,26,30)(H,28,31)(H2,27,33,34). The van der Waals surface area contributed by atoms with Gasteiger partial charge in [-0.25, -0.2) is 18.4 Å². The summed E-state index contributed by atoms with van der Waals surface area (Å²) >= 11 is 1.78. The van der Waals surface area contributed by atoms with Crippen LogP contribution in [0.5, 0.6) is 0 Å². The number of carbonyl (C=O) groups is 1. The number of sulfonamides is 1. The van der Waals surface area contributed by atoms with Gasteiger partial charge in [0.1, 0.15) is 0 Å². The summed E-state index contributed by atoms with van der Waals surface area (Å²) in [6.07, 6.45) is 0.536. The van der Waals surface area contributed by atoms with E-state index < -0.39 is 21.8 Å². The maximum atomic E-state index is 12.9. The summed E-state index contributed by atoms with van der Waals surface area (Å²) in [4.78, 5) is 12.9. The molecule has 1 heterocycles. The van der Waals surface area contributed by atoms with E-state index in [1.54, 1.807) is 72.4 Å². The molecule has 0 unspecified atom stereocenters. The Morgan fingerprint density at radius 1 is 1.00 bits per heavy atom. The number of rotatable bonds is 7. The van der Waals surface area contributed by atoms with Crippen molar-refractivity contribution in [1.29, 1.82) is 0 Å². The van der Waals surface area contributed by atoms with Crippen molar-refractivity contribution >= 4 is 45.1 Å². The largest absolute Gasteiger partial charge is 0.423 e. The molecule has 1 aliphatic rings. The van der Waals surface area contributed by atoms with E-state index in [0.29, 0.717) is 40.9 Å². The number of anilines is 2. The van der Waals surface area contributed by atoms with Gasteiger partial charge in [0.25, 0.3) is 0 Å². The fourth-order valence-corrected chi connectivity index (χ4v) is 5.95. The molecule has 7 N–H and O–H groups in total. The average molecular weight is 542 g/mol. The molecule has 1 fully saturated rings. The van der Waals surface area contributed by atoms with Crippen LogP contribution in [0.4, 0.5) is 16.2 Å². The molecule has 4 rings (SSSR count). The number of hydrogen-bond acceptors (Lipinski definition) is 8. The predicted molar refractivity (Wildman–Crippen MR) is 145 cm³/mol. The highest BCUT2D eigenvalue weighted by Crippen LogP contribution is 2.33. The van der Waals surface area contributed by atoms with Gasteiger partial charge < -0.3 is 21.0 Å². The van der Waals surface area contributed by atoms with E-state index in [9.17, 15) is 13.2 Å². The lowest BCUT2D eigenvalue weighted by molar-refractivity contribution is 0.0354. The van der Waals surface area contributed by atoms with Crippen LogP contribution >= 0.6 is 11.8 Å². The third kappa shape index (κ3) is 6.53. The summed E-state index contributed by atoms with van der Waals surface area (Å²) in [6.45, 7) is 0. The fraction of sp³-hybridized carbons (Fsp3) is 0.200. The molecular formula is C25H27N5O5S2. The second-order valence-electron chi connectivity index (χ2n) is 8.43. The van der Waals surface area contributed by atoms with Crippen molar-refractivity contribution in [1.82, 2.24) is 0 Å². The summed E-state index contributed by atoms with van der Waals surface area (Å²) in [7, 11) is -3.89. The Morgan fingerprint density at radius 2 is 1.70 bits per heavy atom. The Labute approximate surface area is 219 Å². The first kappa shape index (κ1) is 26.3. The lowest BCUT2D eigenvalue weighted by atomic mass is 10.1. The lowest BCUT2D eigenvalue weighted by Gasteiger charge is -2.37. The molecule has 37 heavy (non-hydrogen) atoms. The van der Waals surface area contributed by atoms with Crippen molar-refractivity contribution in [2.45, 2.75) is 23.5 Å². The van der Waals surface area contributed by atoms with Crippen molar-refractivity contribution in [2.75, 3.05) is 22.1 Å². The zero-order valence-electron chi connectivity index (χ0n) is 19.8. The van der Waals surface area contributed by atoms with E-state index in [4.69, 9.17) is 20.8 Å². The Morgan fingerprint density at radius 3 is 2.38 bits per heavy atom. The van der Waals surface area contributed by atoms with Gasteiger partial charge in [0, 0.05) is 35.3 Å². The first-order chi connectivity index (χ1) is 17.7. The highest BCUT2D eigenvalue weighted by Gasteiger charge is 2.36. The monoisotopic (exact) mass is 541 g/mol. The third-order valence-corrected chi connectivity index (χ3v) is 7.82. The first-order valence-electron chi connectivity index (χ1n) is 11.4. The highest BCUT2D eigenvalue weighted by molar-refractivity contribution is 7.99. The fourth-order valence-electron chi connectivity index (χ4n) is 4.04. The van der Waals surface area contributed by atoms with E-state index >= 15 is 0 Å². The molecule has 194 valence electrons. The summed E-state index contributed by atoms with van der Waals surface area (Å²) < 4.78 is 29.8. The number of hydrogen-bond donors (Lipinski definition) is 5. The predicted octanol–water partition coefficient (Wildman–Crippen LogP) is 3.98. The number of nitrogens with one attached hydrogen (secondary N) is 2.